The van der Waals surface area contributed by atoms with Crippen molar-refractivity contribution in [3.8, 4) is 84.6 Å². The van der Waals surface area contributed by atoms with Gasteiger partial charge < -0.3 is 4.57 Å². The molecule has 66 heavy (non-hydrogen) atoms. The number of para-hydroxylation sites is 1. The van der Waals surface area contributed by atoms with Crippen molar-refractivity contribution in [1.82, 2.24) is 24.5 Å². The molecule has 11 aromatic rings. The number of rotatable bonds is 8. The number of hydrogen-bond acceptors (Lipinski definition) is 4. The van der Waals surface area contributed by atoms with Crippen molar-refractivity contribution in [3.05, 3.63) is 223 Å². The number of aryl methyl sites for hydroxylation is 1. The number of hydrogen-bond donors (Lipinski definition) is 0. The fourth-order valence-electron chi connectivity index (χ4n) is 8.76. The van der Waals surface area contributed by atoms with Gasteiger partial charge in [0.2, 0.25) is 0 Å². The molecule has 5 nitrogen and oxygen atoms in total. The van der Waals surface area contributed by atoms with Crippen LogP contribution in [0.15, 0.2) is 212 Å². The molecule has 0 saturated carbocycles. The van der Waals surface area contributed by atoms with E-state index in [-0.39, 0.29) is 22.8 Å². The largest absolute Gasteiger partial charge is 0.416 e. The van der Waals surface area contributed by atoms with Gasteiger partial charge in [-0.25, -0.2) is 19.9 Å². The second kappa shape index (κ2) is 16.6. The molecule has 11 rings (SSSR count). The van der Waals surface area contributed by atoms with E-state index in [9.17, 15) is 0 Å². The third-order valence-corrected chi connectivity index (χ3v) is 11.9. The minimum absolute atomic E-state index is 0.113. The quantitative estimate of drug-likeness (QED) is 0.153. The molecule has 0 N–H and O–H groups in total. The maximum absolute atomic E-state index is 15.7. The minimum atomic E-state index is -4.77. The van der Waals surface area contributed by atoms with Gasteiger partial charge in [0.25, 0.3) is 0 Å². The third kappa shape index (κ3) is 7.58. The van der Waals surface area contributed by atoms with E-state index in [4.69, 9.17) is 19.9 Å². The Hall–Kier alpha value is -8.49. The van der Waals surface area contributed by atoms with Crippen LogP contribution in [0.1, 0.15) is 11.1 Å². The molecule has 316 valence electrons. The SMILES string of the molecule is Cc1cccc(-c2ccc3c(c2)c2ccccc2n3-c2c(-c3nc(-c4ccccc4)cc(-c4ccccc4)n3)cc(C(F)(F)F)cc2-c2nc(-c3ccccc3)cc(-c3ccccc3)n2)c1. The molecule has 8 heteroatoms. The van der Waals surface area contributed by atoms with Crippen LogP contribution in [0.2, 0.25) is 0 Å². The Kier molecular flexibility index (Phi) is 10.1. The summed E-state index contributed by atoms with van der Waals surface area (Å²) in [6.07, 6.45) is -4.77. The monoisotopic (exact) mass is 861 g/mol. The van der Waals surface area contributed by atoms with E-state index in [1.165, 1.54) is 12.1 Å². The van der Waals surface area contributed by atoms with Crippen LogP contribution in [0, 0.1) is 6.92 Å². The molecule has 0 amide bonds. The second-order valence-corrected chi connectivity index (χ2v) is 16.3. The number of halogens is 3. The van der Waals surface area contributed by atoms with E-state index in [1.54, 1.807) is 0 Å². The fourth-order valence-corrected chi connectivity index (χ4v) is 8.76. The van der Waals surface area contributed by atoms with Gasteiger partial charge in [-0.15, -0.1) is 0 Å². The van der Waals surface area contributed by atoms with E-state index in [1.807, 2.05) is 168 Å². The molecule has 0 fully saturated rings. The van der Waals surface area contributed by atoms with Crippen LogP contribution in [0.25, 0.3) is 106 Å². The van der Waals surface area contributed by atoms with Gasteiger partial charge in [0.05, 0.1) is 45.1 Å². The smallest absolute Gasteiger partial charge is 0.308 e. The molecule has 0 aliphatic carbocycles. The van der Waals surface area contributed by atoms with Crippen LogP contribution in [0.4, 0.5) is 13.2 Å². The summed E-state index contributed by atoms with van der Waals surface area (Å²) in [5, 5.41) is 1.85. The zero-order valence-electron chi connectivity index (χ0n) is 35.6. The predicted molar refractivity (Wildman–Crippen MR) is 260 cm³/mol. The van der Waals surface area contributed by atoms with Crippen molar-refractivity contribution in [2.75, 3.05) is 0 Å². The van der Waals surface area contributed by atoms with Gasteiger partial charge in [0, 0.05) is 44.2 Å². The number of benzene rings is 8. The Morgan fingerprint density at radius 2 is 0.773 bits per heavy atom. The van der Waals surface area contributed by atoms with Gasteiger partial charge in [-0.1, -0.05) is 175 Å². The molecule has 0 bridgehead atoms. The van der Waals surface area contributed by atoms with Crippen LogP contribution in [-0.2, 0) is 6.18 Å². The molecule has 0 atom stereocenters. The van der Waals surface area contributed by atoms with Gasteiger partial charge in [-0.2, -0.15) is 13.2 Å². The van der Waals surface area contributed by atoms with E-state index >= 15 is 13.2 Å². The lowest BCUT2D eigenvalue weighted by atomic mass is 9.98. The third-order valence-electron chi connectivity index (χ3n) is 11.9. The van der Waals surface area contributed by atoms with Crippen molar-refractivity contribution in [2.45, 2.75) is 13.1 Å². The standard InChI is InChI=1S/C58H38F3N5/c1-37-17-16-26-42(31-37)43-29-30-54-46(32-43)45-27-14-15-28-53(45)66(54)55-47(56-62-49(38-18-6-2-7-19-38)35-50(63-56)39-20-8-3-9-21-39)33-44(58(59,60)61)34-48(55)57-64-51(40-22-10-4-11-23-40)36-52(65-57)41-24-12-5-13-25-41/h2-36H,1H3. The van der Waals surface area contributed by atoms with E-state index in [0.29, 0.717) is 28.5 Å². The summed E-state index contributed by atoms with van der Waals surface area (Å²) in [5.41, 5.74) is 10.0. The molecular weight excluding hydrogens is 824 g/mol. The molecule has 3 heterocycles. The highest BCUT2D eigenvalue weighted by molar-refractivity contribution is 6.11. The van der Waals surface area contributed by atoms with Crippen molar-refractivity contribution in [3.63, 3.8) is 0 Å². The van der Waals surface area contributed by atoms with Crippen molar-refractivity contribution in [2.24, 2.45) is 0 Å². The Bertz CT molecular complexity index is 3310. The summed E-state index contributed by atoms with van der Waals surface area (Å²) >= 11 is 0. The van der Waals surface area contributed by atoms with Crippen LogP contribution in [-0.4, -0.2) is 24.5 Å². The highest BCUT2D eigenvalue weighted by atomic mass is 19.4. The maximum Gasteiger partial charge on any atom is 0.416 e. The summed E-state index contributed by atoms with van der Waals surface area (Å²) in [7, 11) is 0. The summed E-state index contributed by atoms with van der Waals surface area (Å²) < 4.78 is 49.1. The van der Waals surface area contributed by atoms with E-state index in [2.05, 4.69) is 43.3 Å². The number of aromatic nitrogens is 5. The normalized spacial score (nSPS) is 11.6. The molecule has 0 aliphatic rings. The minimum Gasteiger partial charge on any atom is -0.308 e. The number of alkyl halides is 3. The molecule has 8 aromatic carbocycles. The lowest BCUT2D eigenvalue weighted by Crippen LogP contribution is -2.11. The van der Waals surface area contributed by atoms with Crippen molar-refractivity contribution < 1.29 is 13.2 Å². The van der Waals surface area contributed by atoms with Crippen LogP contribution < -0.4 is 0 Å². The highest BCUT2D eigenvalue weighted by Crippen LogP contribution is 2.45. The van der Waals surface area contributed by atoms with Gasteiger partial charge in [0.1, 0.15) is 0 Å². The Morgan fingerprint density at radius 3 is 1.23 bits per heavy atom. The highest BCUT2D eigenvalue weighted by Gasteiger charge is 2.35. The van der Waals surface area contributed by atoms with E-state index in [0.717, 1.165) is 60.8 Å². The van der Waals surface area contributed by atoms with Crippen molar-refractivity contribution in [1.29, 1.82) is 0 Å². The van der Waals surface area contributed by atoms with Crippen LogP contribution in [0.3, 0.4) is 0 Å². The summed E-state index contributed by atoms with van der Waals surface area (Å²) in [6, 6.07) is 67.2. The first-order valence-corrected chi connectivity index (χ1v) is 21.6. The summed E-state index contributed by atoms with van der Waals surface area (Å²) in [5.74, 6) is 0.227. The Balaban J connectivity index is 1.30. The lowest BCUT2D eigenvalue weighted by molar-refractivity contribution is -0.137. The van der Waals surface area contributed by atoms with Gasteiger partial charge >= 0.3 is 6.18 Å². The average molecular weight is 862 g/mol. The van der Waals surface area contributed by atoms with Gasteiger partial charge in [-0.05, 0) is 60.5 Å². The fraction of sp³-hybridized carbons (Fsp3) is 0.0345. The molecule has 0 aliphatic heterocycles. The van der Waals surface area contributed by atoms with Crippen LogP contribution >= 0.6 is 0 Å². The number of fused-ring (bicyclic) bond motifs is 3. The zero-order valence-corrected chi connectivity index (χ0v) is 35.6. The molecule has 0 spiro atoms. The molecule has 0 unspecified atom stereocenters. The Labute approximate surface area is 379 Å². The second-order valence-electron chi connectivity index (χ2n) is 16.3. The first-order chi connectivity index (χ1) is 32.2. The zero-order chi connectivity index (χ0) is 44.8. The first kappa shape index (κ1) is 40.3. The van der Waals surface area contributed by atoms with Gasteiger partial charge in [-0.3, -0.25) is 0 Å². The molecule has 0 radical (unpaired) electrons. The lowest BCUT2D eigenvalue weighted by Gasteiger charge is -2.21. The Morgan fingerprint density at radius 1 is 0.364 bits per heavy atom. The summed E-state index contributed by atoms with van der Waals surface area (Å²) in [6.45, 7) is 2.07. The first-order valence-electron chi connectivity index (χ1n) is 21.6. The van der Waals surface area contributed by atoms with Crippen LogP contribution in [0.5, 0.6) is 0 Å². The molecule has 0 saturated heterocycles. The van der Waals surface area contributed by atoms with Crippen molar-refractivity contribution >= 4 is 21.8 Å². The van der Waals surface area contributed by atoms with Gasteiger partial charge in [0.15, 0.2) is 11.6 Å². The van der Waals surface area contributed by atoms with E-state index < -0.39 is 11.7 Å². The topological polar surface area (TPSA) is 56.5 Å². The predicted octanol–water partition coefficient (Wildman–Crippen LogP) is 15.4. The molecule has 3 aromatic heterocycles. The summed E-state index contributed by atoms with van der Waals surface area (Å²) in [4.78, 5) is 20.6. The number of nitrogens with zero attached hydrogens (tertiary/aromatic N) is 5. The molecular formula is C58H38F3N5. The maximum atomic E-state index is 15.7. The average Bonchev–Trinajstić information content (AvgIpc) is 3.69.